The Labute approximate surface area is 203 Å². The van der Waals surface area contributed by atoms with E-state index in [4.69, 9.17) is 5.11 Å². The highest BCUT2D eigenvalue weighted by Crippen LogP contribution is 2.31. The molecule has 3 N–H and O–H groups in total. The number of carbonyl (C=O) groups excluding carboxylic acids is 1. The van der Waals surface area contributed by atoms with Crippen molar-refractivity contribution >= 4 is 21.6 Å². The van der Waals surface area contributed by atoms with Gasteiger partial charge in [-0.2, -0.15) is 5.26 Å². The van der Waals surface area contributed by atoms with Gasteiger partial charge in [0.2, 0.25) is 15.9 Å². The van der Waals surface area contributed by atoms with Crippen molar-refractivity contribution in [2.75, 3.05) is 18.5 Å². The fraction of sp³-hybridized carbons (Fsp3) is 0.280. The molecule has 0 bridgehead atoms. The van der Waals surface area contributed by atoms with Gasteiger partial charge in [0.15, 0.2) is 0 Å². The normalized spacial score (nSPS) is 13.3. The minimum atomic E-state index is -3.54. The molecule has 0 unspecified atom stereocenters. The van der Waals surface area contributed by atoms with Gasteiger partial charge in [0.25, 0.3) is 0 Å². The molecule has 1 saturated carbocycles. The van der Waals surface area contributed by atoms with Crippen molar-refractivity contribution in [3.63, 3.8) is 0 Å². The number of nitriles is 1. The maximum Gasteiger partial charge on any atom is 0.227 e. The molecule has 0 aliphatic heterocycles. The van der Waals surface area contributed by atoms with Crippen molar-refractivity contribution in [1.82, 2.24) is 14.7 Å². The zero-order valence-corrected chi connectivity index (χ0v) is 19.8. The van der Waals surface area contributed by atoms with E-state index in [0.717, 1.165) is 24.0 Å². The molecule has 1 fully saturated rings. The lowest BCUT2D eigenvalue weighted by Crippen LogP contribution is -2.27. The molecule has 1 aromatic heterocycles. The summed E-state index contributed by atoms with van der Waals surface area (Å²) < 4.78 is 26.6. The lowest BCUT2D eigenvalue weighted by molar-refractivity contribution is -0.117. The van der Waals surface area contributed by atoms with Crippen LogP contribution >= 0.6 is 0 Å². The molecule has 1 amide bonds. The summed E-state index contributed by atoms with van der Waals surface area (Å²) in [5.41, 5.74) is 3.69. The van der Waals surface area contributed by atoms with Gasteiger partial charge in [0, 0.05) is 30.6 Å². The summed E-state index contributed by atoms with van der Waals surface area (Å²) in [7, 11) is -3.54. The van der Waals surface area contributed by atoms with E-state index < -0.39 is 10.0 Å². The van der Waals surface area contributed by atoms with E-state index in [0.29, 0.717) is 34.8 Å². The third kappa shape index (κ3) is 6.70. The maximum atomic E-state index is 12.1. The Bertz CT molecular complexity index is 1380. The van der Waals surface area contributed by atoms with Crippen LogP contribution in [0.3, 0.4) is 0 Å². The molecular formula is C25H25N5O4S. The highest BCUT2D eigenvalue weighted by molar-refractivity contribution is 7.88. The number of hydrogen-bond donors (Lipinski definition) is 3. The van der Waals surface area contributed by atoms with Gasteiger partial charge < -0.3 is 10.4 Å². The highest BCUT2D eigenvalue weighted by Gasteiger charge is 2.30. The monoisotopic (exact) mass is 491 g/mol. The first-order valence-corrected chi connectivity index (χ1v) is 12.9. The van der Waals surface area contributed by atoms with E-state index in [-0.39, 0.29) is 30.7 Å². The quantitative estimate of drug-likeness (QED) is 0.395. The molecule has 0 spiro atoms. The smallest absolute Gasteiger partial charge is 0.227 e. The van der Waals surface area contributed by atoms with Gasteiger partial charge in [-0.15, -0.1) is 0 Å². The molecule has 1 heterocycles. The van der Waals surface area contributed by atoms with Gasteiger partial charge in [-0.3, -0.25) is 4.79 Å². The molecule has 1 aliphatic carbocycles. The van der Waals surface area contributed by atoms with E-state index in [2.05, 4.69) is 26.1 Å². The number of nitrogens with one attached hydrogen (secondary N) is 2. The zero-order chi connectivity index (χ0) is 24.8. The number of aliphatic hydroxyl groups is 1. The van der Waals surface area contributed by atoms with Crippen molar-refractivity contribution in [3.8, 4) is 17.3 Å². The third-order valence-electron chi connectivity index (χ3n) is 5.49. The molecule has 180 valence electrons. The Morgan fingerprint density at radius 1 is 1.14 bits per heavy atom. The van der Waals surface area contributed by atoms with Gasteiger partial charge in [-0.1, -0.05) is 30.3 Å². The van der Waals surface area contributed by atoms with Crippen molar-refractivity contribution < 1.29 is 18.3 Å². The van der Waals surface area contributed by atoms with E-state index in [1.165, 1.54) is 0 Å². The van der Waals surface area contributed by atoms with Gasteiger partial charge >= 0.3 is 0 Å². The topological polar surface area (TPSA) is 145 Å². The first kappa shape index (κ1) is 24.5. The number of carbonyl (C=O) groups is 1. The van der Waals surface area contributed by atoms with E-state index in [1.807, 2.05) is 6.07 Å². The van der Waals surface area contributed by atoms with Gasteiger partial charge in [0.1, 0.15) is 11.9 Å². The number of sulfonamides is 1. The van der Waals surface area contributed by atoms with Crippen LogP contribution in [0.4, 0.5) is 5.69 Å². The predicted molar refractivity (Wildman–Crippen MR) is 130 cm³/mol. The van der Waals surface area contributed by atoms with E-state index in [1.54, 1.807) is 48.7 Å². The van der Waals surface area contributed by atoms with Crippen LogP contribution in [-0.4, -0.2) is 42.6 Å². The molecule has 2 aromatic carbocycles. The minimum Gasteiger partial charge on any atom is -0.395 e. The van der Waals surface area contributed by atoms with E-state index in [9.17, 15) is 18.5 Å². The van der Waals surface area contributed by atoms with Crippen molar-refractivity contribution in [3.05, 3.63) is 77.2 Å². The van der Waals surface area contributed by atoms with Crippen molar-refractivity contribution in [2.24, 2.45) is 5.92 Å². The van der Waals surface area contributed by atoms with Crippen molar-refractivity contribution in [1.29, 1.82) is 5.26 Å². The summed E-state index contributed by atoms with van der Waals surface area (Å²) in [6.45, 7) is -0.287. The standard InChI is InChI=1S/C25H25N5O4S/c26-15-21-14-20(6-7-22(21)30-25(32)19-4-5-19)23-8-9-27-24(29-23)13-17-2-1-3-18(12-17)16-35(33,34)28-10-11-31/h1-3,6-9,12,14,19,28,31H,4-5,10-11,13,16H2,(H,30,32). The molecule has 35 heavy (non-hydrogen) atoms. The molecule has 10 heteroatoms. The number of aromatic nitrogens is 2. The second-order valence-corrected chi connectivity index (χ2v) is 10.2. The second-order valence-electron chi connectivity index (χ2n) is 8.37. The van der Waals surface area contributed by atoms with Crippen molar-refractivity contribution in [2.45, 2.75) is 25.0 Å². The lowest BCUT2D eigenvalue weighted by atomic mass is 10.1. The fourth-order valence-corrected chi connectivity index (χ4v) is 4.74. The summed E-state index contributed by atoms with van der Waals surface area (Å²) in [6, 6.07) is 16.3. The first-order chi connectivity index (χ1) is 16.9. The molecule has 0 atom stereocenters. The Balaban J connectivity index is 1.50. The first-order valence-electron chi connectivity index (χ1n) is 11.2. The Morgan fingerprint density at radius 2 is 1.94 bits per heavy atom. The van der Waals surface area contributed by atoms with Crippen LogP contribution in [0, 0.1) is 17.2 Å². The molecule has 3 aromatic rings. The van der Waals surface area contributed by atoms with Gasteiger partial charge in [-0.05, 0) is 42.2 Å². The average molecular weight is 492 g/mol. The summed E-state index contributed by atoms with van der Waals surface area (Å²) >= 11 is 0. The van der Waals surface area contributed by atoms with Crippen LogP contribution in [-0.2, 0) is 27.0 Å². The molecule has 1 aliphatic rings. The number of aliphatic hydroxyl groups excluding tert-OH is 1. The number of rotatable bonds is 10. The predicted octanol–water partition coefficient (Wildman–Crippen LogP) is 2.37. The van der Waals surface area contributed by atoms with Gasteiger partial charge in [-0.25, -0.2) is 23.1 Å². The summed E-state index contributed by atoms with van der Waals surface area (Å²) in [4.78, 5) is 21.0. The summed E-state index contributed by atoms with van der Waals surface area (Å²) in [6.07, 6.45) is 3.80. The third-order valence-corrected chi connectivity index (χ3v) is 6.85. The van der Waals surface area contributed by atoms with Gasteiger partial charge in [0.05, 0.1) is 29.3 Å². The zero-order valence-electron chi connectivity index (χ0n) is 18.9. The number of anilines is 1. The minimum absolute atomic E-state index is 0.0238. The summed E-state index contributed by atoms with van der Waals surface area (Å²) in [5, 5.41) is 21.2. The van der Waals surface area contributed by atoms with Crippen LogP contribution in [0.15, 0.2) is 54.7 Å². The van der Waals surface area contributed by atoms with Crippen LogP contribution in [0.5, 0.6) is 0 Å². The number of benzene rings is 2. The highest BCUT2D eigenvalue weighted by atomic mass is 32.2. The fourth-order valence-electron chi connectivity index (χ4n) is 3.61. The number of amides is 1. The second kappa shape index (κ2) is 10.7. The molecule has 4 rings (SSSR count). The summed E-state index contributed by atoms with van der Waals surface area (Å²) in [5.74, 6) is 0.340. The van der Waals surface area contributed by atoms with Crippen LogP contribution in [0.1, 0.15) is 35.4 Å². The number of hydrogen-bond acceptors (Lipinski definition) is 7. The largest absolute Gasteiger partial charge is 0.395 e. The van der Waals surface area contributed by atoms with E-state index >= 15 is 0 Å². The molecular weight excluding hydrogens is 466 g/mol. The van der Waals surface area contributed by atoms with Crippen LogP contribution < -0.4 is 10.0 Å². The Kier molecular flexibility index (Phi) is 7.51. The Morgan fingerprint density at radius 3 is 2.69 bits per heavy atom. The molecule has 9 nitrogen and oxygen atoms in total. The SMILES string of the molecule is N#Cc1cc(-c2ccnc(Cc3cccc(CS(=O)(=O)NCCO)c3)n2)ccc1NC(=O)C1CC1. The molecule has 0 saturated heterocycles. The Hall–Kier alpha value is -3.65. The average Bonchev–Trinajstić information content (AvgIpc) is 3.69. The van der Waals surface area contributed by atoms with Crippen LogP contribution in [0.25, 0.3) is 11.3 Å². The van der Waals surface area contributed by atoms with Crippen LogP contribution in [0.2, 0.25) is 0 Å². The number of nitrogens with zero attached hydrogens (tertiary/aromatic N) is 3. The maximum absolute atomic E-state index is 12.1. The lowest BCUT2D eigenvalue weighted by Gasteiger charge is -2.10. The molecule has 0 radical (unpaired) electrons.